The predicted molar refractivity (Wildman–Crippen MR) is 57.8 cm³/mol. The number of hydrogen-bond donors (Lipinski definition) is 0. The topological polar surface area (TPSA) is 0 Å². The summed E-state index contributed by atoms with van der Waals surface area (Å²) in [5, 5.41) is 0. The molecule has 3 rings (SSSR count). The first-order chi connectivity index (χ1) is 6.45. The van der Waals surface area contributed by atoms with Crippen LogP contribution in [-0.2, 0) is 0 Å². The van der Waals surface area contributed by atoms with E-state index < -0.39 is 0 Å². The first-order valence-corrected chi connectivity index (χ1v) is 6.45. The molecule has 3 aliphatic carbocycles. The van der Waals surface area contributed by atoms with E-state index in [1.54, 1.807) is 32.1 Å². The minimum Gasteiger partial charge on any atom is -0.0533 e. The molecule has 0 N–H and O–H groups in total. The molecule has 2 bridgehead atoms. The first kappa shape index (κ1) is 9.55. The zero-order chi connectivity index (χ0) is 8.93. The third-order valence-electron chi connectivity index (χ3n) is 4.13. The van der Waals surface area contributed by atoms with Crippen molar-refractivity contribution in [2.24, 2.45) is 11.8 Å². The fraction of sp³-hybridized carbons (Fsp3) is 1.00. The zero-order valence-electron chi connectivity index (χ0n) is 8.93. The van der Waals surface area contributed by atoms with Gasteiger partial charge < -0.3 is 0 Å². The number of hydrogen-bond acceptors (Lipinski definition) is 0. The summed E-state index contributed by atoms with van der Waals surface area (Å²) in [5.74, 6) is 2.34. The van der Waals surface area contributed by atoms with Crippen molar-refractivity contribution < 1.29 is 0 Å². The van der Waals surface area contributed by atoms with Crippen molar-refractivity contribution >= 4 is 0 Å². The highest BCUT2D eigenvalue weighted by Crippen LogP contribution is 2.43. The highest BCUT2D eigenvalue weighted by Gasteiger charge is 2.30. The van der Waals surface area contributed by atoms with Gasteiger partial charge >= 0.3 is 0 Å². The molecule has 13 heavy (non-hydrogen) atoms. The maximum atomic E-state index is 1.58. The third-order valence-corrected chi connectivity index (χ3v) is 4.13. The Kier molecular flexibility index (Phi) is 3.69. The summed E-state index contributed by atoms with van der Waals surface area (Å²) in [6.45, 7) is 0. The van der Waals surface area contributed by atoms with Crippen molar-refractivity contribution in [1.29, 1.82) is 0 Å². The molecule has 0 saturated heterocycles. The molecule has 3 fully saturated rings. The van der Waals surface area contributed by atoms with Gasteiger partial charge in [0.1, 0.15) is 0 Å². The lowest BCUT2D eigenvalue weighted by Crippen LogP contribution is -1.90. The van der Waals surface area contributed by atoms with E-state index in [1.807, 2.05) is 0 Å². The maximum Gasteiger partial charge on any atom is -0.0411 e. The van der Waals surface area contributed by atoms with E-state index in [-0.39, 0.29) is 0 Å². The molecular weight excluding hydrogens is 156 g/mol. The van der Waals surface area contributed by atoms with Gasteiger partial charge in [-0.3, -0.25) is 0 Å². The molecule has 0 unspecified atom stereocenters. The predicted octanol–water partition coefficient (Wildman–Crippen LogP) is 4.54. The molecule has 0 heteroatoms. The van der Waals surface area contributed by atoms with E-state index in [4.69, 9.17) is 0 Å². The molecule has 0 heterocycles. The highest BCUT2D eigenvalue weighted by molar-refractivity contribution is 4.82. The van der Waals surface area contributed by atoms with E-state index in [9.17, 15) is 0 Å². The van der Waals surface area contributed by atoms with Crippen molar-refractivity contribution in [3.63, 3.8) is 0 Å². The van der Waals surface area contributed by atoms with Crippen molar-refractivity contribution in [1.82, 2.24) is 0 Å². The van der Waals surface area contributed by atoms with Crippen molar-refractivity contribution in [2.45, 2.75) is 70.6 Å². The van der Waals surface area contributed by atoms with Gasteiger partial charge in [-0.15, -0.1) is 0 Å². The molecule has 0 spiro atoms. The van der Waals surface area contributed by atoms with Gasteiger partial charge in [-0.25, -0.2) is 0 Å². The number of fused-ring (bicyclic) bond motifs is 2. The maximum absolute atomic E-state index is 1.58. The molecule has 0 aliphatic heterocycles. The molecule has 0 aromatic heterocycles. The second-order valence-electron chi connectivity index (χ2n) is 5.24. The van der Waals surface area contributed by atoms with Crippen LogP contribution in [0, 0.1) is 11.8 Å². The Morgan fingerprint density at radius 3 is 0.923 bits per heavy atom. The lowest BCUT2D eigenvalue weighted by molar-refractivity contribution is 0.480. The molecule has 0 aromatic carbocycles. The molecule has 0 aromatic rings. The summed E-state index contributed by atoms with van der Waals surface area (Å²) >= 11 is 0. The molecule has 0 radical (unpaired) electrons. The van der Waals surface area contributed by atoms with Crippen LogP contribution in [0.2, 0.25) is 0 Å². The summed E-state index contributed by atoms with van der Waals surface area (Å²) in [5.41, 5.74) is 0. The molecule has 76 valence electrons. The van der Waals surface area contributed by atoms with Gasteiger partial charge in [0.15, 0.2) is 0 Å². The second kappa shape index (κ2) is 5.02. The fourth-order valence-corrected chi connectivity index (χ4v) is 3.23. The van der Waals surface area contributed by atoms with Gasteiger partial charge in [0.2, 0.25) is 0 Å². The van der Waals surface area contributed by atoms with Gasteiger partial charge in [0, 0.05) is 0 Å². The number of rotatable bonds is 0. The van der Waals surface area contributed by atoms with E-state index in [1.165, 1.54) is 50.4 Å². The summed E-state index contributed by atoms with van der Waals surface area (Å²) in [7, 11) is 0. The fourth-order valence-electron chi connectivity index (χ4n) is 3.23. The van der Waals surface area contributed by atoms with Crippen LogP contribution in [0.15, 0.2) is 0 Å². The summed E-state index contributed by atoms with van der Waals surface area (Å²) in [6, 6.07) is 0. The van der Waals surface area contributed by atoms with E-state index in [0.717, 1.165) is 0 Å². The van der Waals surface area contributed by atoms with Crippen LogP contribution >= 0.6 is 0 Å². The largest absolute Gasteiger partial charge is 0.0533 e. The van der Waals surface area contributed by atoms with E-state index >= 15 is 0 Å². The lowest BCUT2D eigenvalue weighted by atomic mass is 10.0. The molecule has 3 saturated carbocycles. The minimum absolute atomic E-state index is 1.17. The Morgan fingerprint density at radius 2 is 0.769 bits per heavy atom. The Hall–Kier alpha value is 0. The Bertz CT molecular complexity index is 105. The van der Waals surface area contributed by atoms with Crippen LogP contribution in [0.3, 0.4) is 0 Å². The van der Waals surface area contributed by atoms with Crippen molar-refractivity contribution in [3.8, 4) is 0 Å². The summed E-state index contributed by atoms with van der Waals surface area (Å²) in [6.07, 6.45) is 16.8. The minimum atomic E-state index is 1.17. The van der Waals surface area contributed by atoms with Crippen molar-refractivity contribution in [2.75, 3.05) is 0 Å². The quantitative estimate of drug-likeness (QED) is 0.513. The standard InChI is InChI=1S/C7H12.C6H12/c1-2-7-4-3-6(1)5-7;1-2-4-6-5-3-1/h6-7H,1-5H2;1-6H2. The second-order valence-corrected chi connectivity index (χ2v) is 5.24. The van der Waals surface area contributed by atoms with Crippen LogP contribution in [0.4, 0.5) is 0 Å². The molecule has 0 atom stereocenters. The Labute approximate surface area is 83.1 Å². The van der Waals surface area contributed by atoms with Crippen LogP contribution < -0.4 is 0 Å². The van der Waals surface area contributed by atoms with Gasteiger partial charge in [-0.05, 0) is 18.3 Å². The summed E-state index contributed by atoms with van der Waals surface area (Å²) in [4.78, 5) is 0. The van der Waals surface area contributed by atoms with Gasteiger partial charge in [-0.2, -0.15) is 0 Å². The Morgan fingerprint density at radius 1 is 0.462 bits per heavy atom. The van der Waals surface area contributed by atoms with E-state index in [2.05, 4.69) is 0 Å². The highest BCUT2D eigenvalue weighted by atomic mass is 14.4. The van der Waals surface area contributed by atoms with E-state index in [0.29, 0.717) is 0 Å². The average Bonchev–Trinajstić information content (AvgIpc) is 2.85. The van der Waals surface area contributed by atoms with Gasteiger partial charge in [0.05, 0.1) is 0 Å². The zero-order valence-corrected chi connectivity index (χ0v) is 8.93. The van der Waals surface area contributed by atoms with Gasteiger partial charge in [0.25, 0.3) is 0 Å². The summed E-state index contributed by atoms with van der Waals surface area (Å²) < 4.78 is 0. The lowest BCUT2D eigenvalue weighted by Gasteiger charge is -2.05. The van der Waals surface area contributed by atoms with Crippen LogP contribution in [0.25, 0.3) is 0 Å². The van der Waals surface area contributed by atoms with Crippen LogP contribution in [0.5, 0.6) is 0 Å². The monoisotopic (exact) mass is 180 g/mol. The van der Waals surface area contributed by atoms with Crippen LogP contribution in [0.1, 0.15) is 70.6 Å². The smallest absolute Gasteiger partial charge is 0.0411 e. The average molecular weight is 180 g/mol. The molecule has 0 nitrogen and oxygen atoms in total. The molecule has 3 aliphatic rings. The molecular formula is C13H24. The normalized spacial score (nSPS) is 36.9. The van der Waals surface area contributed by atoms with Gasteiger partial charge in [-0.1, -0.05) is 64.2 Å². The SMILES string of the molecule is C1CC2CCC1C2.C1CCCCC1. The van der Waals surface area contributed by atoms with Crippen LogP contribution in [-0.4, -0.2) is 0 Å². The van der Waals surface area contributed by atoms with Crippen molar-refractivity contribution in [3.05, 3.63) is 0 Å². The third kappa shape index (κ3) is 3.00. The first-order valence-electron chi connectivity index (χ1n) is 6.45. The Balaban J connectivity index is 0.000000102. The molecule has 0 amide bonds.